The van der Waals surface area contributed by atoms with Crippen LogP contribution in [0.2, 0.25) is 0 Å². The van der Waals surface area contributed by atoms with E-state index in [1.54, 1.807) is 0 Å². The zero-order chi connectivity index (χ0) is 25.3. The fourth-order valence-corrected chi connectivity index (χ4v) is 5.20. The normalized spacial score (nSPS) is 10.6. The lowest BCUT2D eigenvalue weighted by molar-refractivity contribution is 0.540. The summed E-state index contributed by atoms with van der Waals surface area (Å²) < 4.78 is 0. The molecule has 0 aliphatic heterocycles. The molecule has 0 heterocycles. The Morgan fingerprint density at radius 3 is 0.800 bits per heavy atom. The van der Waals surface area contributed by atoms with Crippen LogP contribution in [0, 0.1) is 23.2 Å². The van der Waals surface area contributed by atoms with Crippen LogP contribution in [0.25, 0.3) is 0 Å². The zero-order valence-corrected chi connectivity index (χ0v) is 25.3. The molecule has 0 amide bonds. The topological polar surface area (TPSA) is 0 Å². The van der Waals surface area contributed by atoms with Crippen LogP contribution in [0.3, 0.4) is 0 Å². The first-order chi connectivity index (χ1) is 17.4. The highest BCUT2D eigenvalue weighted by atomic mass is 31.1. The minimum Gasteiger partial charge on any atom is -0.0979 e. The van der Waals surface area contributed by atoms with Gasteiger partial charge in [-0.05, 0) is 12.8 Å². The smallest absolute Gasteiger partial charge is 0.0358 e. The van der Waals surface area contributed by atoms with E-state index in [0.717, 1.165) is 12.8 Å². The SMILES string of the molecule is CCCCCCCCCCCCCCCC#CPC#CCCCCCCCCCCCCCCC. The second kappa shape index (κ2) is 33.5. The van der Waals surface area contributed by atoms with Crippen molar-refractivity contribution in [3.8, 4) is 23.2 Å². The summed E-state index contributed by atoms with van der Waals surface area (Å²) in [7, 11) is 0.532. The van der Waals surface area contributed by atoms with E-state index in [0.29, 0.717) is 8.58 Å². The first kappa shape index (κ1) is 34.6. The Morgan fingerprint density at radius 1 is 0.314 bits per heavy atom. The molecular formula is C34H63P. The van der Waals surface area contributed by atoms with E-state index >= 15 is 0 Å². The van der Waals surface area contributed by atoms with Gasteiger partial charge in [-0.2, -0.15) is 0 Å². The molecule has 0 aliphatic rings. The van der Waals surface area contributed by atoms with Crippen molar-refractivity contribution in [2.24, 2.45) is 0 Å². The van der Waals surface area contributed by atoms with Gasteiger partial charge in [-0.15, -0.1) is 0 Å². The molecule has 204 valence electrons. The van der Waals surface area contributed by atoms with E-state index < -0.39 is 0 Å². The van der Waals surface area contributed by atoms with Crippen LogP contribution in [-0.2, 0) is 0 Å². The maximum Gasteiger partial charge on any atom is 0.0358 e. The van der Waals surface area contributed by atoms with E-state index in [-0.39, 0.29) is 0 Å². The van der Waals surface area contributed by atoms with E-state index in [4.69, 9.17) is 0 Å². The molecule has 0 N–H and O–H groups in total. The first-order valence-corrected chi connectivity index (χ1v) is 17.1. The van der Waals surface area contributed by atoms with Gasteiger partial charge in [-0.1, -0.05) is 191 Å². The molecular weight excluding hydrogens is 439 g/mol. The fourth-order valence-electron chi connectivity index (χ4n) is 4.71. The molecule has 0 aromatic rings. The highest BCUT2D eigenvalue weighted by Gasteiger charge is 1.94. The van der Waals surface area contributed by atoms with Gasteiger partial charge in [-0.25, -0.2) is 0 Å². The quantitative estimate of drug-likeness (QED) is 0.0626. The lowest BCUT2D eigenvalue weighted by atomic mass is 10.0. The summed E-state index contributed by atoms with van der Waals surface area (Å²) in [6, 6.07) is 0. The van der Waals surface area contributed by atoms with Crippen molar-refractivity contribution in [2.75, 3.05) is 0 Å². The Hall–Kier alpha value is -0.450. The molecule has 0 aromatic heterocycles. The number of hydrogen-bond acceptors (Lipinski definition) is 0. The van der Waals surface area contributed by atoms with Crippen molar-refractivity contribution in [1.29, 1.82) is 0 Å². The lowest BCUT2D eigenvalue weighted by Gasteiger charge is -2.02. The summed E-state index contributed by atoms with van der Waals surface area (Å²) in [5.74, 6) is 6.67. The minimum absolute atomic E-state index is 0.532. The first-order valence-electron chi connectivity index (χ1n) is 16.1. The monoisotopic (exact) mass is 502 g/mol. The average Bonchev–Trinajstić information content (AvgIpc) is 2.87. The Balaban J connectivity index is 3.20. The van der Waals surface area contributed by atoms with Gasteiger partial charge in [0.05, 0.1) is 0 Å². The third-order valence-corrected chi connectivity index (χ3v) is 7.72. The van der Waals surface area contributed by atoms with Crippen molar-refractivity contribution in [3.05, 3.63) is 0 Å². The molecule has 0 unspecified atom stereocenters. The molecule has 0 aromatic carbocycles. The summed E-state index contributed by atoms with van der Waals surface area (Å²) in [5.41, 5.74) is 6.57. The summed E-state index contributed by atoms with van der Waals surface area (Å²) in [4.78, 5) is 0. The van der Waals surface area contributed by atoms with E-state index in [1.165, 1.54) is 167 Å². The molecule has 0 aliphatic carbocycles. The molecule has 1 heteroatoms. The maximum absolute atomic E-state index is 3.34. The van der Waals surface area contributed by atoms with Gasteiger partial charge in [-0.3, -0.25) is 0 Å². The van der Waals surface area contributed by atoms with E-state index in [2.05, 4.69) is 37.0 Å². The largest absolute Gasteiger partial charge is 0.0979 e. The van der Waals surface area contributed by atoms with E-state index in [1.807, 2.05) is 0 Å². The van der Waals surface area contributed by atoms with Crippen LogP contribution in [0.4, 0.5) is 0 Å². The summed E-state index contributed by atoms with van der Waals surface area (Å²) in [5, 5.41) is 0. The fraction of sp³-hybridized carbons (Fsp3) is 0.882. The number of unbranched alkanes of at least 4 members (excludes halogenated alkanes) is 26. The van der Waals surface area contributed by atoms with Gasteiger partial charge in [0.2, 0.25) is 0 Å². The Morgan fingerprint density at radius 2 is 0.543 bits per heavy atom. The van der Waals surface area contributed by atoms with Crippen molar-refractivity contribution >= 4 is 8.58 Å². The van der Waals surface area contributed by atoms with Crippen LogP contribution in [-0.4, -0.2) is 0 Å². The average molecular weight is 503 g/mol. The van der Waals surface area contributed by atoms with Crippen LogP contribution < -0.4 is 0 Å². The number of hydrogen-bond donors (Lipinski definition) is 0. The maximum atomic E-state index is 3.34. The zero-order valence-electron chi connectivity index (χ0n) is 24.3. The van der Waals surface area contributed by atoms with Crippen LogP contribution >= 0.6 is 8.58 Å². The van der Waals surface area contributed by atoms with Crippen molar-refractivity contribution in [1.82, 2.24) is 0 Å². The molecule has 0 saturated heterocycles. The van der Waals surface area contributed by atoms with Crippen molar-refractivity contribution in [2.45, 2.75) is 194 Å². The second-order valence-corrected chi connectivity index (χ2v) is 11.5. The molecule has 0 spiro atoms. The third kappa shape index (κ3) is 33.5. The molecule has 0 saturated carbocycles. The lowest BCUT2D eigenvalue weighted by Crippen LogP contribution is -1.82. The molecule has 0 nitrogen and oxygen atoms in total. The van der Waals surface area contributed by atoms with Crippen LogP contribution in [0.15, 0.2) is 0 Å². The molecule has 0 fully saturated rings. The van der Waals surface area contributed by atoms with Gasteiger partial charge in [0, 0.05) is 21.4 Å². The van der Waals surface area contributed by atoms with Crippen molar-refractivity contribution < 1.29 is 0 Å². The van der Waals surface area contributed by atoms with Gasteiger partial charge in [0.15, 0.2) is 0 Å². The van der Waals surface area contributed by atoms with Gasteiger partial charge >= 0.3 is 0 Å². The minimum atomic E-state index is 0.532. The van der Waals surface area contributed by atoms with E-state index in [9.17, 15) is 0 Å². The Bertz CT molecular complexity index is 454. The summed E-state index contributed by atoms with van der Waals surface area (Å²) in [6.07, 6.45) is 39.0. The molecule has 0 radical (unpaired) electrons. The van der Waals surface area contributed by atoms with Gasteiger partial charge in [0.1, 0.15) is 0 Å². The Kier molecular flexibility index (Phi) is 33.1. The summed E-state index contributed by atoms with van der Waals surface area (Å²) >= 11 is 0. The predicted octanol–water partition coefficient (Wildman–Crippen LogP) is 12.5. The molecule has 0 atom stereocenters. The predicted molar refractivity (Wildman–Crippen MR) is 164 cm³/mol. The highest BCUT2D eigenvalue weighted by molar-refractivity contribution is 7.49. The van der Waals surface area contributed by atoms with Crippen LogP contribution in [0.1, 0.15) is 194 Å². The third-order valence-electron chi connectivity index (χ3n) is 7.11. The van der Waals surface area contributed by atoms with Crippen molar-refractivity contribution in [3.63, 3.8) is 0 Å². The van der Waals surface area contributed by atoms with Gasteiger partial charge in [0.25, 0.3) is 0 Å². The van der Waals surface area contributed by atoms with Crippen LogP contribution in [0.5, 0.6) is 0 Å². The van der Waals surface area contributed by atoms with Gasteiger partial charge < -0.3 is 0 Å². The molecule has 0 bridgehead atoms. The standard InChI is InChI=1S/C34H63P/c1-3-5-7-9-11-13-15-17-19-21-23-25-27-29-31-33-35-34-32-30-28-26-24-22-20-18-16-14-12-10-8-6-4-2/h35H,3-30H2,1-2H3. The Labute approximate surface area is 225 Å². The number of rotatable bonds is 26. The second-order valence-electron chi connectivity index (χ2n) is 10.7. The summed E-state index contributed by atoms with van der Waals surface area (Å²) in [6.45, 7) is 4.59. The highest BCUT2D eigenvalue weighted by Crippen LogP contribution is 2.14. The molecule has 0 rings (SSSR count). The molecule has 35 heavy (non-hydrogen) atoms.